The summed E-state index contributed by atoms with van der Waals surface area (Å²) in [6.07, 6.45) is 5.72. The van der Waals surface area contributed by atoms with Crippen molar-refractivity contribution in [2.24, 2.45) is 5.92 Å². The molecule has 152 valence electrons. The molecule has 1 N–H and O–H groups in total. The Morgan fingerprint density at radius 1 is 1.26 bits per heavy atom. The number of rotatable bonds is 10. The predicted octanol–water partition coefficient (Wildman–Crippen LogP) is 4.33. The van der Waals surface area contributed by atoms with E-state index in [0.717, 1.165) is 50.1 Å². The molecule has 5 nitrogen and oxygen atoms in total. The molecule has 0 aromatic heterocycles. The van der Waals surface area contributed by atoms with Gasteiger partial charge in [-0.3, -0.25) is 4.79 Å². The molecule has 1 aromatic rings. The number of carbonyl (C=O) groups excluding carboxylic acids is 1. The molecule has 2 rings (SSSR count). The highest BCUT2D eigenvalue weighted by atomic mass is 16.5. The molecule has 1 aromatic carbocycles. The van der Waals surface area contributed by atoms with E-state index < -0.39 is 5.60 Å². The molecule has 0 radical (unpaired) electrons. The van der Waals surface area contributed by atoms with E-state index in [1.165, 1.54) is 6.42 Å². The monoisotopic (exact) mass is 376 g/mol. The summed E-state index contributed by atoms with van der Waals surface area (Å²) in [4.78, 5) is 15.2. The fourth-order valence-electron chi connectivity index (χ4n) is 3.65. The first-order valence-corrected chi connectivity index (χ1v) is 10.3. The quantitative estimate of drug-likeness (QED) is 0.618. The maximum atomic E-state index is 13.0. The summed E-state index contributed by atoms with van der Waals surface area (Å²) in [6, 6.07) is 7.63. The van der Waals surface area contributed by atoms with E-state index in [1.54, 1.807) is 0 Å². The van der Waals surface area contributed by atoms with Crippen molar-refractivity contribution in [3.8, 4) is 5.75 Å². The second-order valence-electron chi connectivity index (χ2n) is 8.03. The topological polar surface area (TPSA) is 50.8 Å². The Kier molecular flexibility index (Phi) is 8.58. The van der Waals surface area contributed by atoms with Gasteiger partial charge in [0.05, 0.1) is 6.61 Å². The van der Waals surface area contributed by atoms with Crippen molar-refractivity contribution >= 4 is 11.6 Å². The lowest BCUT2D eigenvalue weighted by molar-refractivity contribution is -0.148. The van der Waals surface area contributed by atoms with E-state index in [-0.39, 0.29) is 5.91 Å². The number of hydrogen-bond acceptors (Lipinski definition) is 4. The minimum absolute atomic E-state index is 0.0119. The summed E-state index contributed by atoms with van der Waals surface area (Å²) in [5.74, 6) is 1.33. The summed E-state index contributed by atoms with van der Waals surface area (Å²) in [6.45, 7) is 6.61. The first-order chi connectivity index (χ1) is 12.9. The van der Waals surface area contributed by atoms with Crippen LogP contribution in [0.5, 0.6) is 5.75 Å². The summed E-state index contributed by atoms with van der Waals surface area (Å²) in [5.41, 5.74) is 0.105. The number of amides is 1. The van der Waals surface area contributed by atoms with Crippen LogP contribution in [-0.4, -0.2) is 50.3 Å². The number of benzene rings is 1. The van der Waals surface area contributed by atoms with Crippen LogP contribution in [0.15, 0.2) is 24.3 Å². The zero-order chi connectivity index (χ0) is 19.7. The molecular weight excluding hydrogens is 340 g/mol. The highest BCUT2D eigenvalue weighted by Gasteiger charge is 2.42. The Labute approximate surface area is 164 Å². The number of hydrogen-bond donors (Lipinski definition) is 1. The average Bonchev–Trinajstić information content (AvgIpc) is 2.64. The van der Waals surface area contributed by atoms with Gasteiger partial charge in [-0.2, -0.15) is 0 Å². The van der Waals surface area contributed by atoms with Gasteiger partial charge < -0.3 is 19.7 Å². The van der Waals surface area contributed by atoms with Gasteiger partial charge in [0.25, 0.3) is 5.91 Å². The second kappa shape index (κ2) is 10.7. The van der Waals surface area contributed by atoms with Crippen LogP contribution >= 0.6 is 0 Å². The molecule has 0 unspecified atom stereocenters. The van der Waals surface area contributed by atoms with Gasteiger partial charge in [0, 0.05) is 18.8 Å². The van der Waals surface area contributed by atoms with Crippen molar-refractivity contribution in [3.05, 3.63) is 24.3 Å². The molecule has 0 bridgehead atoms. The van der Waals surface area contributed by atoms with Crippen LogP contribution in [0.3, 0.4) is 0 Å². The van der Waals surface area contributed by atoms with Gasteiger partial charge in [-0.1, -0.05) is 20.3 Å². The molecule has 1 saturated carbocycles. The third kappa shape index (κ3) is 6.82. The van der Waals surface area contributed by atoms with Gasteiger partial charge in [0.2, 0.25) is 0 Å². The zero-order valence-corrected chi connectivity index (χ0v) is 17.4. The zero-order valence-electron chi connectivity index (χ0n) is 17.4. The summed E-state index contributed by atoms with van der Waals surface area (Å²) in [5, 5.41) is 3.07. The van der Waals surface area contributed by atoms with Gasteiger partial charge in [0.15, 0.2) is 0 Å². The average molecular weight is 377 g/mol. The Bertz CT molecular complexity index is 573. The Hall–Kier alpha value is -1.59. The maximum Gasteiger partial charge on any atom is 0.256 e. The van der Waals surface area contributed by atoms with Crippen LogP contribution < -0.4 is 10.1 Å². The third-order valence-corrected chi connectivity index (χ3v) is 5.08. The largest absolute Gasteiger partial charge is 0.494 e. The summed E-state index contributed by atoms with van der Waals surface area (Å²) < 4.78 is 11.8. The maximum absolute atomic E-state index is 13.0. The molecule has 2 atom stereocenters. The Balaban J connectivity index is 1.92. The molecule has 1 aliphatic rings. The SMILES string of the molecule is CCCO[C@]1(C(=O)Nc2ccc(OCCCN(C)C)cc2)CCC[C@H](C)C1. The molecule has 5 heteroatoms. The molecule has 0 heterocycles. The number of nitrogens with zero attached hydrogens (tertiary/aromatic N) is 1. The second-order valence-corrected chi connectivity index (χ2v) is 8.03. The standard InChI is InChI=1S/C22H36N2O3/c1-5-15-27-22(13-6-8-18(2)17-22)21(25)23-19-9-11-20(12-10-19)26-16-7-14-24(3)4/h9-12,18H,5-8,13-17H2,1-4H3,(H,23,25)/t18-,22+/m0/s1. The fraction of sp³-hybridized carbons (Fsp3) is 0.682. The first kappa shape index (κ1) is 21.7. The van der Waals surface area contributed by atoms with E-state index in [1.807, 2.05) is 24.3 Å². The van der Waals surface area contributed by atoms with E-state index in [4.69, 9.17) is 9.47 Å². The van der Waals surface area contributed by atoms with E-state index >= 15 is 0 Å². The van der Waals surface area contributed by atoms with E-state index in [9.17, 15) is 4.79 Å². The number of anilines is 1. The fourth-order valence-corrected chi connectivity index (χ4v) is 3.65. The van der Waals surface area contributed by atoms with Crippen LogP contribution in [-0.2, 0) is 9.53 Å². The lowest BCUT2D eigenvalue weighted by Gasteiger charge is -2.38. The minimum atomic E-state index is -0.685. The Morgan fingerprint density at radius 3 is 2.63 bits per heavy atom. The first-order valence-electron chi connectivity index (χ1n) is 10.3. The molecule has 1 amide bonds. The number of nitrogens with one attached hydrogen (secondary N) is 1. The lowest BCUT2D eigenvalue weighted by Crippen LogP contribution is -2.48. The molecule has 1 fully saturated rings. The number of carbonyl (C=O) groups is 1. The highest BCUT2D eigenvalue weighted by molar-refractivity contribution is 5.97. The van der Waals surface area contributed by atoms with Crippen LogP contribution in [0.4, 0.5) is 5.69 Å². The van der Waals surface area contributed by atoms with Gasteiger partial charge >= 0.3 is 0 Å². The van der Waals surface area contributed by atoms with E-state index in [0.29, 0.717) is 19.1 Å². The van der Waals surface area contributed by atoms with Gasteiger partial charge in [-0.05, 0) is 76.4 Å². The highest BCUT2D eigenvalue weighted by Crippen LogP contribution is 2.36. The van der Waals surface area contributed by atoms with Gasteiger partial charge in [-0.25, -0.2) is 0 Å². The number of ether oxygens (including phenoxy) is 2. The van der Waals surface area contributed by atoms with Crippen LogP contribution in [0.2, 0.25) is 0 Å². The van der Waals surface area contributed by atoms with Crippen molar-refractivity contribution in [2.45, 2.75) is 58.0 Å². The van der Waals surface area contributed by atoms with Crippen molar-refractivity contribution in [2.75, 3.05) is 39.2 Å². The van der Waals surface area contributed by atoms with Crippen molar-refractivity contribution in [3.63, 3.8) is 0 Å². The van der Waals surface area contributed by atoms with Crippen molar-refractivity contribution < 1.29 is 14.3 Å². The van der Waals surface area contributed by atoms with E-state index in [2.05, 4.69) is 38.2 Å². The van der Waals surface area contributed by atoms with Crippen LogP contribution in [0.1, 0.15) is 52.4 Å². The smallest absolute Gasteiger partial charge is 0.256 e. The molecule has 0 aliphatic heterocycles. The molecule has 1 aliphatic carbocycles. The van der Waals surface area contributed by atoms with Crippen molar-refractivity contribution in [1.29, 1.82) is 0 Å². The molecule has 0 spiro atoms. The van der Waals surface area contributed by atoms with Gasteiger partial charge in [0.1, 0.15) is 11.4 Å². The molecule has 0 saturated heterocycles. The van der Waals surface area contributed by atoms with Crippen molar-refractivity contribution in [1.82, 2.24) is 4.90 Å². The Morgan fingerprint density at radius 2 is 2.00 bits per heavy atom. The van der Waals surface area contributed by atoms with Gasteiger partial charge in [-0.15, -0.1) is 0 Å². The van der Waals surface area contributed by atoms with Crippen LogP contribution in [0.25, 0.3) is 0 Å². The predicted molar refractivity (Wildman–Crippen MR) is 110 cm³/mol. The minimum Gasteiger partial charge on any atom is -0.494 e. The molecular formula is C22H36N2O3. The lowest BCUT2D eigenvalue weighted by atomic mass is 9.78. The third-order valence-electron chi connectivity index (χ3n) is 5.08. The normalized spacial score (nSPS) is 22.6. The summed E-state index contributed by atoms with van der Waals surface area (Å²) >= 11 is 0. The molecule has 27 heavy (non-hydrogen) atoms. The summed E-state index contributed by atoms with van der Waals surface area (Å²) in [7, 11) is 4.11. The van der Waals surface area contributed by atoms with Crippen LogP contribution in [0, 0.1) is 5.92 Å².